The molecule has 0 saturated heterocycles. The average Bonchev–Trinajstić information content (AvgIpc) is 1.56. The van der Waals surface area contributed by atoms with Gasteiger partial charge in [0, 0.05) is 76.8 Å². The molecule has 21 aromatic carbocycles. The summed E-state index contributed by atoms with van der Waals surface area (Å²) >= 11 is 0. The van der Waals surface area contributed by atoms with Gasteiger partial charge in [-0.1, -0.05) is 392 Å². The van der Waals surface area contributed by atoms with E-state index in [-0.39, 0.29) is 10.8 Å². The Bertz CT molecular complexity index is 8520. The predicted octanol–water partition coefficient (Wildman–Crippen LogP) is 35.5. The standard InChI is InChI=1S/C126H86N2O2/c1-125(2)108-48-18-13-41-103(108)119-99(44-25-49-109(119)125)95-37-14-19-51-112(95)128(91-72-65-85(66-73-91)93-43-24-35-87-34-23-42-92(118(87)93)83-31-9-6-10-32-83)115-54-22-17-40-98(115)102-47-28-56-117-122(102)106-76-68-86-61-62-88(77-107(86)124(106)130-117)89-69-74-104-111(78-89)126(3,4)110-50-26-45-100(120(104)110)96-38-15-20-52-113(96)127(90-70-63-82(64-71-90)81-59-57-80(58-60-81)79-29-7-5-8-30-79)114-53-21-16-39-97(114)101-46-27-55-116-121(101)105-75-67-84-33-11-12-36-94(84)123(105)129-116/h5-78H,1-4H3. The van der Waals surface area contributed by atoms with Gasteiger partial charge >= 0.3 is 0 Å². The average molecular weight is 1660 g/mol. The predicted molar refractivity (Wildman–Crippen MR) is 547 cm³/mol. The lowest BCUT2D eigenvalue weighted by Crippen LogP contribution is -2.15. The summed E-state index contributed by atoms with van der Waals surface area (Å²) in [4.78, 5) is 5.00. The highest BCUT2D eigenvalue weighted by Gasteiger charge is 2.40. The van der Waals surface area contributed by atoms with Crippen molar-refractivity contribution >= 4 is 110 Å². The molecule has 4 heteroatoms. The maximum Gasteiger partial charge on any atom is 0.143 e. The number of hydrogen-bond donors (Lipinski definition) is 0. The van der Waals surface area contributed by atoms with E-state index in [1.165, 1.54) is 94.2 Å². The number of furan rings is 2. The monoisotopic (exact) mass is 1660 g/mol. The normalized spacial score (nSPS) is 12.9. The van der Waals surface area contributed by atoms with Gasteiger partial charge < -0.3 is 18.6 Å². The first-order chi connectivity index (χ1) is 64.0. The Balaban J connectivity index is 0.603. The van der Waals surface area contributed by atoms with Crippen LogP contribution in [0.15, 0.2) is 458 Å². The molecule has 0 aliphatic heterocycles. The molecule has 0 saturated carbocycles. The van der Waals surface area contributed by atoms with Crippen LogP contribution in [0.2, 0.25) is 0 Å². The summed E-state index contributed by atoms with van der Waals surface area (Å²) in [5.41, 5.74) is 40.3. The van der Waals surface area contributed by atoms with E-state index in [1.54, 1.807) is 0 Å². The molecule has 0 N–H and O–H groups in total. The molecule has 25 rings (SSSR count). The lowest BCUT2D eigenvalue weighted by molar-refractivity contribution is 0.660. The largest absolute Gasteiger partial charge is 0.455 e. The van der Waals surface area contributed by atoms with Crippen molar-refractivity contribution in [3.05, 3.63) is 471 Å². The topological polar surface area (TPSA) is 32.8 Å². The lowest BCUT2D eigenvalue weighted by atomic mass is 9.81. The van der Waals surface area contributed by atoms with Gasteiger partial charge in [-0.3, -0.25) is 0 Å². The fourth-order valence-corrected chi connectivity index (χ4v) is 21.9. The maximum absolute atomic E-state index is 7.35. The summed E-state index contributed by atoms with van der Waals surface area (Å²) in [7, 11) is 0. The van der Waals surface area contributed by atoms with E-state index in [0.29, 0.717) is 0 Å². The van der Waals surface area contributed by atoms with Gasteiger partial charge in [-0.25, -0.2) is 0 Å². The molecular formula is C126H86N2O2. The molecule has 2 aromatic heterocycles. The maximum atomic E-state index is 7.35. The minimum atomic E-state index is -0.364. The Morgan fingerprint density at radius 3 is 1.05 bits per heavy atom. The van der Waals surface area contributed by atoms with E-state index >= 15 is 0 Å². The van der Waals surface area contributed by atoms with Crippen molar-refractivity contribution in [2.24, 2.45) is 0 Å². The van der Waals surface area contributed by atoms with E-state index in [4.69, 9.17) is 8.83 Å². The van der Waals surface area contributed by atoms with Gasteiger partial charge in [0.05, 0.1) is 22.7 Å². The Kier molecular flexibility index (Phi) is 17.7. The molecule has 2 aliphatic carbocycles. The van der Waals surface area contributed by atoms with Crippen LogP contribution in [0.4, 0.5) is 34.1 Å². The van der Waals surface area contributed by atoms with Gasteiger partial charge in [0.2, 0.25) is 0 Å². The molecule has 130 heavy (non-hydrogen) atoms. The summed E-state index contributed by atoms with van der Waals surface area (Å²) in [6, 6.07) is 166. The minimum Gasteiger partial charge on any atom is -0.455 e. The highest BCUT2D eigenvalue weighted by atomic mass is 16.3. The van der Waals surface area contributed by atoms with Gasteiger partial charge in [-0.2, -0.15) is 0 Å². The van der Waals surface area contributed by atoms with Gasteiger partial charge in [0.1, 0.15) is 22.3 Å². The molecule has 0 amide bonds. The molecule has 0 unspecified atom stereocenters. The molecule has 612 valence electrons. The van der Waals surface area contributed by atoms with E-state index in [1.807, 2.05) is 0 Å². The van der Waals surface area contributed by atoms with Crippen LogP contribution in [0, 0.1) is 0 Å². The van der Waals surface area contributed by atoms with Crippen molar-refractivity contribution in [1.82, 2.24) is 0 Å². The summed E-state index contributed by atoms with van der Waals surface area (Å²) in [6.45, 7) is 9.56. The van der Waals surface area contributed by atoms with Crippen LogP contribution in [-0.4, -0.2) is 0 Å². The van der Waals surface area contributed by atoms with Crippen molar-refractivity contribution < 1.29 is 8.83 Å². The second-order valence-electron chi connectivity index (χ2n) is 36.0. The van der Waals surface area contributed by atoms with Crippen molar-refractivity contribution in [2.75, 3.05) is 9.80 Å². The highest BCUT2D eigenvalue weighted by molar-refractivity contribution is 6.22. The Hall–Kier alpha value is -16.4. The van der Waals surface area contributed by atoms with Crippen molar-refractivity contribution in [1.29, 1.82) is 0 Å². The molecular weight excluding hydrogens is 1570 g/mol. The third kappa shape index (κ3) is 12.1. The Morgan fingerprint density at radius 1 is 0.185 bits per heavy atom. The van der Waals surface area contributed by atoms with Crippen LogP contribution in [0.25, 0.3) is 199 Å². The number of para-hydroxylation sites is 4. The summed E-state index contributed by atoms with van der Waals surface area (Å²) in [5.74, 6) is 0. The van der Waals surface area contributed by atoms with Gasteiger partial charge in [0.15, 0.2) is 0 Å². The second kappa shape index (κ2) is 30.2. The van der Waals surface area contributed by atoms with Crippen LogP contribution < -0.4 is 9.80 Å². The number of rotatable bonds is 15. The molecule has 0 fully saturated rings. The quantitative estimate of drug-likeness (QED) is 0.102. The third-order valence-electron chi connectivity index (χ3n) is 28.1. The van der Waals surface area contributed by atoms with E-state index < -0.39 is 0 Å². The number of nitrogens with zero attached hydrogens (tertiary/aromatic N) is 2. The number of hydrogen-bond acceptors (Lipinski definition) is 4. The van der Waals surface area contributed by atoms with E-state index in [0.717, 1.165) is 161 Å². The van der Waals surface area contributed by atoms with Crippen molar-refractivity contribution in [2.45, 2.75) is 38.5 Å². The first kappa shape index (κ1) is 76.1. The molecule has 2 heterocycles. The first-order valence-corrected chi connectivity index (χ1v) is 45.2. The van der Waals surface area contributed by atoms with Crippen LogP contribution >= 0.6 is 0 Å². The van der Waals surface area contributed by atoms with Crippen LogP contribution in [0.3, 0.4) is 0 Å². The zero-order valence-electron chi connectivity index (χ0n) is 72.4. The Morgan fingerprint density at radius 2 is 0.515 bits per heavy atom. The number of anilines is 6. The van der Waals surface area contributed by atoms with Crippen LogP contribution in [-0.2, 0) is 10.8 Å². The van der Waals surface area contributed by atoms with Crippen LogP contribution in [0.1, 0.15) is 49.9 Å². The zero-order valence-corrected chi connectivity index (χ0v) is 72.4. The number of fused-ring (bicyclic) bond motifs is 17. The van der Waals surface area contributed by atoms with E-state index in [2.05, 4.69) is 486 Å². The van der Waals surface area contributed by atoms with Gasteiger partial charge in [0.25, 0.3) is 0 Å². The second-order valence-corrected chi connectivity index (χ2v) is 36.0. The molecule has 2 aliphatic rings. The van der Waals surface area contributed by atoms with Crippen molar-refractivity contribution in [3.63, 3.8) is 0 Å². The highest BCUT2D eigenvalue weighted by Crippen LogP contribution is 2.59. The van der Waals surface area contributed by atoms with Crippen molar-refractivity contribution in [3.8, 4) is 122 Å². The van der Waals surface area contributed by atoms with Gasteiger partial charge in [-0.15, -0.1) is 0 Å². The van der Waals surface area contributed by atoms with Crippen LogP contribution in [0.5, 0.6) is 0 Å². The minimum absolute atomic E-state index is 0.183. The summed E-state index contributed by atoms with van der Waals surface area (Å²) in [6.07, 6.45) is 0. The zero-order chi connectivity index (χ0) is 86.5. The molecule has 0 radical (unpaired) electrons. The summed E-state index contributed by atoms with van der Waals surface area (Å²) < 4.78 is 14.3. The van der Waals surface area contributed by atoms with Gasteiger partial charge in [-0.05, 0) is 229 Å². The molecule has 23 aromatic rings. The molecule has 4 nitrogen and oxygen atoms in total. The lowest BCUT2D eigenvalue weighted by Gasteiger charge is -2.30. The smallest absolute Gasteiger partial charge is 0.143 e. The number of benzene rings is 21. The molecule has 0 spiro atoms. The first-order valence-electron chi connectivity index (χ1n) is 45.2. The summed E-state index contributed by atoms with van der Waals surface area (Å²) in [5, 5.41) is 11.2. The molecule has 0 bridgehead atoms. The van der Waals surface area contributed by atoms with E-state index in [9.17, 15) is 0 Å². The SMILES string of the molecule is CC1(C)c2ccccc2-c2c(-c3ccccc3N(c3ccc(-c4cccc5cccc(-c6ccccc6)c45)cc3)c3ccccc3-c3cccc4oc5c6cc(-c7ccc8c(c7)C(C)(C)c7cccc(-c9ccccc9N(c9ccc(-c%10ccc(-c%11ccccc%11)cc%10)cc9)c9ccccc9-c9cccc%10oc%11c%12ccccc%12ccc%11c9%10)c7-8)ccc6ccc5c34)cccc21. The Labute approximate surface area is 755 Å². The molecule has 0 atom stereocenters. The fourth-order valence-electron chi connectivity index (χ4n) is 21.9. The third-order valence-corrected chi connectivity index (χ3v) is 28.1. The fraction of sp³-hybridized carbons (Fsp3) is 0.0476.